The molecule has 2 heterocycles. The van der Waals surface area contributed by atoms with Crippen molar-refractivity contribution >= 4 is 57.9 Å². The SMILES string of the molecule is CCNC(=NCC(OC)c1cccc(Cl)c1)NC1CCN(c2cccs2)CC1.I. The molecule has 0 amide bonds. The number of rotatable bonds is 7. The molecule has 0 radical (unpaired) electrons. The molecular formula is C21H30ClIN4OS. The van der Waals surface area contributed by atoms with Crippen molar-refractivity contribution in [1.82, 2.24) is 10.6 Å². The van der Waals surface area contributed by atoms with Crippen molar-refractivity contribution in [3.8, 4) is 0 Å². The lowest BCUT2D eigenvalue weighted by Crippen LogP contribution is -2.48. The van der Waals surface area contributed by atoms with Crippen molar-refractivity contribution < 1.29 is 4.74 Å². The predicted molar refractivity (Wildman–Crippen MR) is 135 cm³/mol. The van der Waals surface area contributed by atoms with Gasteiger partial charge in [0.05, 0.1) is 11.5 Å². The zero-order valence-corrected chi connectivity index (χ0v) is 20.8. The summed E-state index contributed by atoms with van der Waals surface area (Å²) >= 11 is 7.93. The summed E-state index contributed by atoms with van der Waals surface area (Å²) < 4.78 is 5.64. The smallest absolute Gasteiger partial charge is 0.191 e. The molecule has 160 valence electrons. The van der Waals surface area contributed by atoms with Crippen LogP contribution in [0.5, 0.6) is 0 Å². The Kier molecular flexibility index (Phi) is 10.5. The van der Waals surface area contributed by atoms with E-state index in [1.54, 1.807) is 7.11 Å². The second-order valence-corrected chi connectivity index (χ2v) is 8.22. The Morgan fingerprint density at radius 1 is 1.31 bits per heavy atom. The van der Waals surface area contributed by atoms with Crippen LogP contribution < -0.4 is 15.5 Å². The van der Waals surface area contributed by atoms with Crippen molar-refractivity contribution in [3.63, 3.8) is 0 Å². The van der Waals surface area contributed by atoms with E-state index in [9.17, 15) is 0 Å². The minimum atomic E-state index is -0.116. The molecule has 1 fully saturated rings. The highest BCUT2D eigenvalue weighted by atomic mass is 127. The molecule has 1 aromatic heterocycles. The number of nitrogens with one attached hydrogen (secondary N) is 2. The van der Waals surface area contributed by atoms with Gasteiger partial charge >= 0.3 is 0 Å². The van der Waals surface area contributed by atoms with Crippen molar-refractivity contribution in [2.45, 2.75) is 31.9 Å². The van der Waals surface area contributed by atoms with Crippen LogP contribution >= 0.6 is 46.9 Å². The molecular weight excluding hydrogens is 519 g/mol. The van der Waals surface area contributed by atoms with Crippen molar-refractivity contribution in [1.29, 1.82) is 0 Å². The number of piperidine rings is 1. The van der Waals surface area contributed by atoms with Gasteiger partial charge in [0.25, 0.3) is 0 Å². The van der Waals surface area contributed by atoms with Gasteiger partial charge in [-0.3, -0.25) is 4.99 Å². The first-order chi connectivity index (χ1) is 13.7. The van der Waals surface area contributed by atoms with E-state index in [1.165, 1.54) is 5.00 Å². The lowest BCUT2D eigenvalue weighted by molar-refractivity contribution is 0.111. The van der Waals surface area contributed by atoms with Crippen LogP contribution in [0.3, 0.4) is 0 Å². The van der Waals surface area contributed by atoms with Crippen LogP contribution in [0, 0.1) is 0 Å². The molecule has 3 rings (SSSR count). The number of hydrogen-bond acceptors (Lipinski definition) is 4. The largest absolute Gasteiger partial charge is 0.375 e. The summed E-state index contributed by atoms with van der Waals surface area (Å²) in [6.07, 6.45) is 2.09. The average molecular weight is 549 g/mol. The first-order valence-corrected chi connectivity index (χ1v) is 11.1. The van der Waals surface area contributed by atoms with E-state index in [-0.39, 0.29) is 30.1 Å². The molecule has 0 bridgehead atoms. The monoisotopic (exact) mass is 548 g/mol. The third kappa shape index (κ3) is 7.31. The van der Waals surface area contributed by atoms with Crippen LogP contribution in [-0.4, -0.2) is 45.3 Å². The van der Waals surface area contributed by atoms with Gasteiger partial charge in [-0.2, -0.15) is 0 Å². The molecule has 1 unspecified atom stereocenters. The van der Waals surface area contributed by atoms with Crippen LogP contribution in [0.15, 0.2) is 46.8 Å². The van der Waals surface area contributed by atoms with Crippen molar-refractivity contribution in [2.75, 3.05) is 38.2 Å². The Balaban J connectivity index is 0.00000300. The molecule has 8 heteroatoms. The van der Waals surface area contributed by atoms with Gasteiger partial charge in [-0.1, -0.05) is 23.7 Å². The quantitative estimate of drug-likeness (QED) is 0.293. The second-order valence-electron chi connectivity index (χ2n) is 6.86. The minimum Gasteiger partial charge on any atom is -0.375 e. The molecule has 0 spiro atoms. The maximum Gasteiger partial charge on any atom is 0.191 e. The standard InChI is InChI=1S/C21H29ClN4OS.HI/c1-3-23-21(24-15-19(27-2)16-6-4-7-17(22)14-16)25-18-9-11-26(12-10-18)20-8-5-13-28-20;/h4-8,13-14,18-19H,3,9-12,15H2,1-2H3,(H2,23,24,25);1H. The summed E-state index contributed by atoms with van der Waals surface area (Å²) in [6.45, 7) is 5.60. The number of thiophene rings is 1. The van der Waals surface area contributed by atoms with E-state index in [0.717, 1.165) is 44.0 Å². The molecule has 2 aromatic rings. The van der Waals surface area contributed by atoms with E-state index in [4.69, 9.17) is 21.3 Å². The Bertz CT molecular complexity index is 751. The Morgan fingerprint density at radius 2 is 2.10 bits per heavy atom. The van der Waals surface area contributed by atoms with Crippen LogP contribution in [0.25, 0.3) is 0 Å². The van der Waals surface area contributed by atoms with Gasteiger partial charge < -0.3 is 20.3 Å². The number of nitrogens with zero attached hydrogens (tertiary/aromatic N) is 2. The minimum absolute atomic E-state index is 0. The molecule has 29 heavy (non-hydrogen) atoms. The summed E-state index contributed by atoms with van der Waals surface area (Å²) in [5.41, 5.74) is 1.04. The molecule has 0 aliphatic carbocycles. The zero-order chi connectivity index (χ0) is 19.8. The first-order valence-electron chi connectivity index (χ1n) is 9.81. The number of ether oxygens (including phenoxy) is 1. The number of anilines is 1. The Morgan fingerprint density at radius 3 is 2.72 bits per heavy atom. The van der Waals surface area contributed by atoms with Gasteiger partial charge in [-0.25, -0.2) is 0 Å². The van der Waals surface area contributed by atoms with E-state index in [0.29, 0.717) is 17.6 Å². The van der Waals surface area contributed by atoms with Gasteiger partial charge in [-0.15, -0.1) is 35.3 Å². The number of aliphatic imine (C=N–C) groups is 1. The van der Waals surface area contributed by atoms with Crippen LogP contribution in [0.2, 0.25) is 5.02 Å². The van der Waals surface area contributed by atoms with Crippen LogP contribution in [0.4, 0.5) is 5.00 Å². The Labute approximate surface area is 199 Å². The molecule has 1 atom stereocenters. The first kappa shape index (κ1) is 24.2. The fourth-order valence-corrected chi connectivity index (χ4v) is 4.39. The normalized spacial score (nSPS) is 16.2. The van der Waals surface area contributed by atoms with Crippen molar-refractivity contribution in [2.24, 2.45) is 4.99 Å². The zero-order valence-electron chi connectivity index (χ0n) is 16.9. The van der Waals surface area contributed by atoms with Gasteiger partial charge in [0, 0.05) is 37.8 Å². The second kappa shape index (κ2) is 12.6. The molecule has 1 aliphatic heterocycles. The third-order valence-electron chi connectivity index (χ3n) is 4.92. The van der Waals surface area contributed by atoms with E-state index in [2.05, 4.69) is 40.0 Å². The number of benzene rings is 1. The molecule has 1 saturated heterocycles. The number of methoxy groups -OCH3 is 1. The third-order valence-corrected chi connectivity index (χ3v) is 6.08. The summed E-state index contributed by atoms with van der Waals surface area (Å²) in [4.78, 5) is 7.23. The lowest BCUT2D eigenvalue weighted by Gasteiger charge is -2.33. The van der Waals surface area contributed by atoms with Gasteiger partial charge in [-0.05, 0) is 55.0 Å². The van der Waals surface area contributed by atoms with Gasteiger partial charge in [0.1, 0.15) is 6.10 Å². The molecule has 1 aromatic carbocycles. The fourth-order valence-electron chi connectivity index (χ4n) is 3.40. The molecule has 1 aliphatic rings. The summed E-state index contributed by atoms with van der Waals surface area (Å²) in [7, 11) is 1.71. The number of halogens is 2. The highest BCUT2D eigenvalue weighted by molar-refractivity contribution is 14.0. The summed E-state index contributed by atoms with van der Waals surface area (Å²) in [5.74, 6) is 0.848. The van der Waals surface area contributed by atoms with Gasteiger partial charge in [0.15, 0.2) is 5.96 Å². The highest BCUT2D eigenvalue weighted by Crippen LogP contribution is 2.25. The maximum absolute atomic E-state index is 6.12. The Hall–Kier alpha value is -1.03. The van der Waals surface area contributed by atoms with Crippen LogP contribution in [-0.2, 0) is 4.74 Å². The molecule has 5 nitrogen and oxygen atoms in total. The average Bonchev–Trinajstić information content (AvgIpc) is 3.24. The summed E-state index contributed by atoms with van der Waals surface area (Å²) in [6, 6.07) is 12.5. The van der Waals surface area contributed by atoms with E-state index < -0.39 is 0 Å². The van der Waals surface area contributed by atoms with Crippen molar-refractivity contribution in [3.05, 3.63) is 52.4 Å². The number of hydrogen-bond donors (Lipinski definition) is 2. The molecule has 0 saturated carbocycles. The predicted octanol–water partition coefficient (Wildman–Crippen LogP) is 4.93. The maximum atomic E-state index is 6.12. The van der Waals surface area contributed by atoms with Gasteiger partial charge in [0.2, 0.25) is 0 Å². The number of guanidine groups is 1. The van der Waals surface area contributed by atoms with E-state index in [1.807, 2.05) is 35.6 Å². The lowest BCUT2D eigenvalue weighted by atomic mass is 10.1. The fraction of sp³-hybridized carbons (Fsp3) is 0.476. The summed E-state index contributed by atoms with van der Waals surface area (Å²) in [5, 5.41) is 11.2. The molecule has 2 N–H and O–H groups in total. The van der Waals surface area contributed by atoms with Crippen LogP contribution in [0.1, 0.15) is 31.4 Å². The van der Waals surface area contributed by atoms with E-state index >= 15 is 0 Å². The topological polar surface area (TPSA) is 48.9 Å². The highest BCUT2D eigenvalue weighted by Gasteiger charge is 2.21.